The Balaban J connectivity index is 1.11. The van der Waals surface area contributed by atoms with Crippen molar-refractivity contribution in [2.24, 2.45) is 0 Å². The van der Waals surface area contributed by atoms with Crippen LogP contribution in [0.1, 0.15) is 0 Å². The molecule has 0 unspecified atom stereocenters. The van der Waals surface area contributed by atoms with Gasteiger partial charge in [0, 0.05) is 33.4 Å². The van der Waals surface area contributed by atoms with Crippen molar-refractivity contribution in [2.75, 3.05) is 4.90 Å². The summed E-state index contributed by atoms with van der Waals surface area (Å²) < 4.78 is 2.39. The maximum Gasteiger partial charge on any atom is 0.0541 e. The first-order valence-electron chi connectivity index (χ1n) is 19.2. The Bertz CT molecular complexity index is 2890. The Morgan fingerprint density at radius 1 is 0.286 bits per heavy atom. The molecule has 0 N–H and O–H groups in total. The molecule has 2 heteroatoms. The number of anilines is 3. The monoisotopic (exact) mass is 714 g/mol. The largest absolute Gasteiger partial charge is 0.310 e. The number of benzene rings is 9. The van der Waals surface area contributed by atoms with Crippen LogP contribution in [0, 0.1) is 0 Å². The molecule has 2 nitrogen and oxygen atoms in total. The van der Waals surface area contributed by atoms with Gasteiger partial charge in [0.1, 0.15) is 0 Å². The summed E-state index contributed by atoms with van der Waals surface area (Å²) in [6.45, 7) is 0. The van der Waals surface area contributed by atoms with Gasteiger partial charge in [0.25, 0.3) is 0 Å². The van der Waals surface area contributed by atoms with Gasteiger partial charge in [0.2, 0.25) is 0 Å². The van der Waals surface area contributed by atoms with E-state index in [0.29, 0.717) is 0 Å². The Kier molecular flexibility index (Phi) is 8.55. The van der Waals surface area contributed by atoms with E-state index in [1.807, 2.05) is 0 Å². The van der Waals surface area contributed by atoms with Gasteiger partial charge in [-0.05, 0) is 93.5 Å². The molecule has 0 saturated heterocycles. The summed E-state index contributed by atoms with van der Waals surface area (Å²) in [4.78, 5) is 2.39. The van der Waals surface area contributed by atoms with Gasteiger partial charge in [0.15, 0.2) is 0 Å². The van der Waals surface area contributed by atoms with Gasteiger partial charge in [-0.1, -0.05) is 176 Å². The van der Waals surface area contributed by atoms with E-state index >= 15 is 0 Å². The van der Waals surface area contributed by atoms with Crippen LogP contribution in [0.25, 0.3) is 72.0 Å². The average molecular weight is 715 g/mol. The molecule has 0 aliphatic rings. The van der Waals surface area contributed by atoms with E-state index in [4.69, 9.17) is 0 Å². The zero-order chi connectivity index (χ0) is 37.3. The van der Waals surface area contributed by atoms with E-state index in [2.05, 4.69) is 240 Å². The SMILES string of the molecule is c1ccc(-c2ccc(N(c3ccc(-c4ccccc4-c4ccccc4)cc3)c3ccccc3-c3cccc(-n4c5ccccc5c5ccccc54)c3)cc2)cc1. The number of fused-ring (bicyclic) bond motifs is 3. The lowest BCUT2D eigenvalue weighted by Gasteiger charge is -2.28. The van der Waals surface area contributed by atoms with Crippen LogP contribution >= 0.6 is 0 Å². The molecule has 10 aromatic rings. The standard InChI is InChI=1S/C54H38N2/c1-3-16-39(17-4-1)40-30-34-44(35-31-40)55(45-36-32-42(33-37-45)48-23-8-7-22-47(48)41-18-5-2-6-19-41)52-27-12-9-24-49(52)43-20-15-21-46(38-43)56-53-28-13-10-25-50(53)51-26-11-14-29-54(51)56/h1-38H. The Hall–Kier alpha value is -7.42. The fourth-order valence-electron chi connectivity index (χ4n) is 8.18. The van der Waals surface area contributed by atoms with Crippen LogP contribution in [-0.4, -0.2) is 4.57 Å². The van der Waals surface area contributed by atoms with Gasteiger partial charge in [-0.3, -0.25) is 0 Å². The second-order valence-corrected chi connectivity index (χ2v) is 14.1. The van der Waals surface area contributed by atoms with E-state index in [0.717, 1.165) is 33.9 Å². The van der Waals surface area contributed by atoms with E-state index in [1.54, 1.807) is 0 Å². The molecule has 56 heavy (non-hydrogen) atoms. The summed E-state index contributed by atoms with van der Waals surface area (Å²) in [6.07, 6.45) is 0. The zero-order valence-electron chi connectivity index (χ0n) is 30.8. The molecule has 0 atom stereocenters. The summed E-state index contributed by atoms with van der Waals surface area (Å²) in [6, 6.07) is 83.0. The van der Waals surface area contributed by atoms with Gasteiger partial charge in [-0.15, -0.1) is 0 Å². The summed E-state index contributed by atoms with van der Waals surface area (Å²) in [5.41, 5.74) is 16.4. The molecule has 0 fully saturated rings. The normalized spacial score (nSPS) is 11.2. The van der Waals surface area contributed by atoms with Crippen molar-refractivity contribution in [1.82, 2.24) is 4.57 Å². The third-order valence-corrected chi connectivity index (χ3v) is 10.8. The van der Waals surface area contributed by atoms with Crippen LogP contribution in [0.2, 0.25) is 0 Å². The Morgan fingerprint density at radius 2 is 0.714 bits per heavy atom. The lowest BCUT2D eigenvalue weighted by molar-refractivity contribution is 1.18. The van der Waals surface area contributed by atoms with E-state index in [1.165, 1.54) is 55.2 Å². The maximum absolute atomic E-state index is 2.39. The van der Waals surface area contributed by atoms with Crippen molar-refractivity contribution in [3.63, 3.8) is 0 Å². The lowest BCUT2D eigenvalue weighted by Crippen LogP contribution is -2.11. The molecule has 0 radical (unpaired) electrons. The van der Waals surface area contributed by atoms with Gasteiger partial charge in [-0.25, -0.2) is 0 Å². The molecule has 0 aliphatic heterocycles. The van der Waals surface area contributed by atoms with Crippen LogP contribution in [0.4, 0.5) is 17.1 Å². The molecule has 0 amide bonds. The number of hydrogen-bond donors (Lipinski definition) is 0. The number of aromatic nitrogens is 1. The van der Waals surface area contributed by atoms with E-state index < -0.39 is 0 Å². The zero-order valence-corrected chi connectivity index (χ0v) is 30.8. The second-order valence-electron chi connectivity index (χ2n) is 14.1. The molecule has 1 aromatic heterocycles. The second kappa shape index (κ2) is 14.4. The third-order valence-electron chi connectivity index (χ3n) is 10.8. The molecule has 9 aromatic carbocycles. The molecular weight excluding hydrogens is 677 g/mol. The minimum atomic E-state index is 1.09. The van der Waals surface area contributed by atoms with Crippen LogP contribution in [0.15, 0.2) is 231 Å². The third kappa shape index (κ3) is 6.04. The predicted molar refractivity (Wildman–Crippen MR) is 237 cm³/mol. The Morgan fingerprint density at radius 3 is 1.32 bits per heavy atom. The van der Waals surface area contributed by atoms with Crippen LogP contribution in [0.5, 0.6) is 0 Å². The number of para-hydroxylation sites is 3. The minimum Gasteiger partial charge on any atom is -0.310 e. The minimum absolute atomic E-state index is 1.09. The predicted octanol–water partition coefficient (Wildman–Crippen LogP) is 14.9. The molecule has 1 heterocycles. The molecule has 0 saturated carbocycles. The molecule has 0 spiro atoms. The number of hydrogen-bond acceptors (Lipinski definition) is 1. The van der Waals surface area contributed by atoms with Crippen molar-refractivity contribution in [3.8, 4) is 50.2 Å². The summed E-state index contributed by atoms with van der Waals surface area (Å²) in [7, 11) is 0. The smallest absolute Gasteiger partial charge is 0.0541 e. The van der Waals surface area contributed by atoms with E-state index in [9.17, 15) is 0 Å². The van der Waals surface area contributed by atoms with Crippen molar-refractivity contribution < 1.29 is 0 Å². The molecule has 264 valence electrons. The molecule has 10 rings (SSSR count). The molecular formula is C54H38N2. The fourth-order valence-corrected chi connectivity index (χ4v) is 8.18. The first kappa shape index (κ1) is 33.2. The maximum atomic E-state index is 2.39. The highest BCUT2D eigenvalue weighted by atomic mass is 15.1. The quantitative estimate of drug-likeness (QED) is 0.152. The number of rotatable bonds is 8. The molecule has 0 aliphatic carbocycles. The summed E-state index contributed by atoms with van der Waals surface area (Å²) in [5.74, 6) is 0. The number of nitrogens with zero attached hydrogens (tertiary/aromatic N) is 2. The highest BCUT2D eigenvalue weighted by Gasteiger charge is 2.19. The van der Waals surface area contributed by atoms with Gasteiger partial charge >= 0.3 is 0 Å². The fraction of sp³-hybridized carbons (Fsp3) is 0. The van der Waals surface area contributed by atoms with Crippen LogP contribution < -0.4 is 4.90 Å². The van der Waals surface area contributed by atoms with Crippen molar-refractivity contribution >= 4 is 38.9 Å². The average Bonchev–Trinajstić information content (AvgIpc) is 3.62. The van der Waals surface area contributed by atoms with Crippen molar-refractivity contribution in [2.45, 2.75) is 0 Å². The summed E-state index contributed by atoms with van der Waals surface area (Å²) >= 11 is 0. The first-order chi connectivity index (χ1) is 27.8. The van der Waals surface area contributed by atoms with Crippen LogP contribution in [-0.2, 0) is 0 Å². The van der Waals surface area contributed by atoms with Gasteiger partial charge in [0.05, 0.1) is 16.7 Å². The van der Waals surface area contributed by atoms with Gasteiger partial charge < -0.3 is 9.47 Å². The molecule has 0 bridgehead atoms. The lowest BCUT2D eigenvalue weighted by atomic mass is 9.94. The van der Waals surface area contributed by atoms with Crippen LogP contribution in [0.3, 0.4) is 0 Å². The first-order valence-corrected chi connectivity index (χ1v) is 19.2. The highest BCUT2D eigenvalue weighted by Crippen LogP contribution is 2.43. The van der Waals surface area contributed by atoms with Crippen molar-refractivity contribution in [3.05, 3.63) is 231 Å². The topological polar surface area (TPSA) is 8.17 Å². The Labute approximate surface area is 327 Å². The van der Waals surface area contributed by atoms with E-state index in [-0.39, 0.29) is 0 Å². The van der Waals surface area contributed by atoms with Crippen molar-refractivity contribution in [1.29, 1.82) is 0 Å². The summed E-state index contributed by atoms with van der Waals surface area (Å²) in [5, 5.41) is 2.52. The van der Waals surface area contributed by atoms with Gasteiger partial charge in [-0.2, -0.15) is 0 Å². The highest BCUT2D eigenvalue weighted by molar-refractivity contribution is 6.09.